The van der Waals surface area contributed by atoms with Crippen LogP contribution < -0.4 is 10.2 Å². The smallest absolute Gasteiger partial charge is 0.228 e. The SMILES string of the molecule is CCN1CCN(c2ccc(Cl)cc2NC(=O)Cc2c[nH]c3ccccc23)CC1. The van der Waals surface area contributed by atoms with Crippen LogP contribution in [0.1, 0.15) is 12.5 Å². The summed E-state index contributed by atoms with van der Waals surface area (Å²) in [5, 5.41) is 4.79. The third-order valence-corrected chi connectivity index (χ3v) is 5.65. The summed E-state index contributed by atoms with van der Waals surface area (Å²) in [5.41, 5.74) is 3.85. The molecular formula is C22H25ClN4O. The molecule has 1 aliphatic rings. The van der Waals surface area contributed by atoms with Gasteiger partial charge in [-0.05, 0) is 36.4 Å². The minimum atomic E-state index is -0.0412. The molecule has 146 valence electrons. The first kappa shape index (κ1) is 18.8. The number of rotatable bonds is 5. The predicted octanol–water partition coefficient (Wildman–Crippen LogP) is 4.14. The average molecular weight is 397 g/mol. The van der Waals surface area contributed by atoms with Crippen LogP contribution in [0.15, 0.2) is 48.7 Å². The number of carbonyl (C=O) groups excluding carboxylic acids is 1. The molecule has 1 aromatic heterocycles. The van der Waals surface area contributed by atoms with Crippen molar-refractivity contribution in [3.8, 4) is 0 Å². The lowest BCUT2D eigenvalue weighted by Gasteiger charge is -2.36. The molecule has 0 unspecified atom stereocenters. The van der Waals surface area contributed by atoms with E-state index in [9.17, 15) is 4.79 Å². The lowest BCUT2D eigenvalue weighted by atomic mass is 10.1. The lowest BCUT2D eigenvalue weighted by molar-refractivity contribution is -0.115. The fourth-order valence-corrected chi connectivity index (χ4v) is 4.01. The molecular weight excluding hydrogens is 372 g/mol. The molecule has 0 bridgehead atoms. The summed E-state index contributed by atoms with van der Waals surface area (Å²) in [5.74, 6) is -0.0412. The molecule has 4 rings (SSSR count). The lowest BCUT2D eigenvalue weighted by Crippen LogP contribution is -2.46. The Morgan fingerprint density at radius 1 is 1.14 bits per heavy atom. The number of fused-ring (bicyclic) bond motifs is 1. The van der Waals surface area contributed by atoms with Crippen molar-refractivity contribution in [2.75, 3.05) is 42.9 Å². The maximum Gasteiger partial charge on any atom is 0.228 e. The number of aromatic amines is 1. The molecule has 2 heterocycles. The van der Waals surface area contributed by atoms with E-state index in [4.69, 9.17) is 11.6 Å². The number of carbonyl (C=O) groups is 1. The van der Waals surface area contributed by atoms with Crippen molar-refractivity contribution in [1.29, 1.82) is 0 Å². The molecule has 0 aliphatic carbocycles. The molecule has 6 heteroatoms. The second kappa shape index (κ2) is 8.25. The highest BCUT2D eigenvalue weighted by Crippen LogP contribution is 2.30. The number of hydrogen-bond acceptors (Lipinski definition) is 3. The summed E-state index contributed by atoms with van der Waals surface area (Å²) in [6.45, 7) is 7.21. The molecule has 0 spiro atoms. The minimum absolute atomic E-state index is 0.0412. The van der Waals surface area contributed by atoms with E-state index >= 15 is 0 Å². The fraction of sp³-hybridized carbons (Fsp3) is 0.318. The Morgan fingerprint density at radius 3 is 2.71 bits per heavy atom. The van der Waals surface area contributed by atoms with Gasteiger partial charge in [-0.15, -0.1) is 0 Å². The van der Waals surface area contributed by atoms with Gasteiger partial charge in [-0.1, -0.05) is 36.7 Å². The van der Waals surface area contributed by atoms with Crippen molar-refractivity contribution in [1.82, 2.24) is 9.88 Å². The standard InChI is InChI=1S/C22H25ClN4O/c1-2-26-9-11-27(12-10-26)21-8-7-17(23)14-20(21)25-22(28)13-16-15-24-19-6-4-3-5-18(16)19/h3-8,14-15,24H,2,9-13H2,1H3,(H,25,28). The normalized spacial score (nSPS) is 15.1. The molecule has 1 amide bonds. The highest BCUT2D eigenvalue weighted by Gasteiger charge is 2.19. The zero-order valence-corrected chi connectivity index (χ0v) is 16.8. The summed E-state index contributed by atoms with van der Waals surface area (Å²) in [6.07, 6.45) is 2.23. The van der Waals surface area contributed by atoms with Crippen LogP contribution >= 0.6 is 11.6 Å². The third-order valence-electron chi connectivity index (χ3n) is 5.42. The summed E-state index contributed by atoms with van der Waals surface area (Å²) in [4.78, 5) is 20.8. The van der Waals surface area contributed by atoms with Crippen molar-refractivity contribution < 1.29 is 4.79 Å². The molecule has 1 aliphatic heterocycles. The van der Waals surface area contributed by atoms with Crippen molar-refractivity contribution in [3.05, 3.63) is 59.2 Å². The van der Waals surface area contributed by atoms with E-state index in [1.165, 1.54) is 0 Å². The Kier molecular flexibility index (Phi) is 5.55. The molecule has 3 aromatic rings. The van der Waals surface area contributed by atoms with Gasteiger partial charge in [-0.3, -0.25) is 4.79 Å². The molecule has 0 radical (unpaired) electrons. The zero-order chi connectivity index (χ0) is 19.5. The number of H-pyrrole nitrogens is 1. The monoisotopic (exact) mass is 396 g/mol. The van der Waals surface area contributed by atoms with Gasteiger partial charge in [-0.2, -0.15) is 0 Å². The number of para-hydroxylation sites is 1. The first-order chi connectivity index (χ1) is 13.6. The second-order valence-electron chi connectivity index (χ2n) is 7.17. The van der Waals surface area contributed by atoms with E-state index in [1.807, 2.05) is 48.7 Å². The summed E-state index contributed by atoms with van der Waals surface area (Å²) < 4.78 is 0. The molecule has 1 saturated heterocycles. The van der Waals surface area contributed by atoms with E-state index in [-0.39, 0.29) is 5.91 Å². The fourth-order valence-electron chi connectivity index (χ4n) is 3.83. The summed E-state index contributed by atoms with van der Waals surface area (Å²) >= 11 is 6.22. The van der Waals surface area contributed by atoms with Gasteiger partial charge >= 0.3 is 0 Å². The Labute approximate surface area is 170 Å². The van der Waals surface area contributed by atoms with Crippen LogP contribution in [0.3, 0.4) is 0 Å². The summed E-state index contributed by atoms with van der Waals surface area (Å²) in [7, 11) is 0. The second-order valence-corrected chi connectivity index (χ2v) is 7.60. The number of hydrogen-bond donors (Lipinski definition) is 2. The average Bonchev–Trinajstić information content (AvgIpc) is 3.11. The van der Waals surface area contributed by atoms with Gasteiger partial charge in [0.1, 0.15) is 0 Å². The van der Waals surface area contributed by atoms with Gasteiger partial charge in [0.25, 0.3) is 0 Å². The van der Waals surface area contributed by atoms with Crippen LogP contribution in [-0.2, 0) is 11.2 Å². The van der Waals surface area contributed by atoms with Crippen LogP contribution in [-0.4, -0.2) is 48.5 Å². The quantitative estimate of drug-likeness (QED) is 0.681. The first-order valence-electron chi connectivity index (χ1n) is 9.75. The van der Waals surface area contributed by atoms with Crippen LogP contribution in [0.5, 0.6) is 0 Å². The van der Waals surface area contributed by atoms with Crippen molar-refractivity contribution in [3.63, 3.8) is 0 Å². The maximum atomic E-state index is 12.8. The van der Waals surface area contributed by atoms with Crippen molar-refractivity contribution in [2.45, 2.75) is 13.3 Å². The van der Waals surface area contributed by atoms with Crippen LogP contribution in [0, 0.1) is 0 Å². The summed E-state index contributed by atoms with van der Waals surface area (Å²) in [6, 6.07) is 13.8. The van der Waals surface area contributed by atoms with Crippen molar-refractivity contribution in [2.24, 2.45) is 0 Å². The zero-order valence-electron chi connectivity index (χ0n) is 16.0. The van der Waals surface area contributed by atoms with E-state index < -0.39 is 0 Å². The Balaban J connectivity index is 1.51. The Morgan fingerprint density at radius 2 is 1.93 bits per heavy atom. The molecule has 2 N–H and O–H groups in total. The molecule has 2 aromatic carbocycles. The Bertz CT molecular complexity index is 976. The number of nitrogens with one attached hydrogen (secondary N) is 2. The topological polar surface area (TPSA) is 51.4 Å². The van der Waals surface area contributed by atoms with Crippen molar-refractivity contribution >= 4 is 39.8 Å². The van der Waals surface area contributed by atoms with Crippen LogP contribution in [0.25, 0.3) is 10.9 Å². The van der Waals surface area contributed by atoms with Gasteiger partial charge in [0, 0.05) is 48.3 Å². The number of aromatic nitrogens is 1. The molecule has 5 nitrogen and oxygen atoms in total. The number of amides is 1. The van der Waals surface area contributed by atoms with Gasteiger partial charge in [0.05, 0.1) is 17.8 Å². The van der Waals surface area contributed by atoms with Crippen LogP contribution in [0.4, 0.5) is 11.4 Å². The predicted molar refractivity (Wildman–Crippen MR) is 116 cm³/mol. The van der Waals surface area contributed by atoms with E-state index in [1.54, 1.807) is 0 Å². The number of benzene rings is 2. The number of nitrogens with zero attached hydrogens (tertiary/aromatic N) is 2. The van der Waals surface area contributed by atoms with E-state index in [0.717, 1.165) is 60.6 Å². The van der Waals surface area contributed by atoms with Gasteiger partial charge < -0.3 is 20.1 Å². The number of anilines is 2. The van der Waals surface area contributed by atoms with Gasteiger partial charge in [0.2, 0.25) is 5.91 Å². The van der Waals surface area contributed by atoms with Crippen LogP contribution in [0.2, 0.25) is 5.02 Å². The van der Waals surface area contributed by atoms with E-state index in [0.29, 0.717) is 11.4 Å². The number of halogens is 1. The van der Waals surface area contributed by atoms with Gasteiger partial charge in [0.15, 0.2) is 0 Å². The number of piperazine rings is 1. The first-order valence-corrected chi connectivity index (χ1v) is 10.1. The molecule has 0 saturated carbocycles. The van der Waals surface area contributed by atoms with Gasteiger partial charge in [-0.25, -0.2) is 0 Å². The molecule has 1 fully saturated rings. The van der Waals surface area contributed by atoms with E-state index in [2.05, 4.69) is 27.0 Å². The molecule has 28 heavy (non-hydrogen) atoms. The highest BCUT2D eigenvalue weighted by molar-refractivity contribution is 6.31. The molecule has 0 atom stereocenters. The maximum absolute atomic E-state index is 12.8. The number of likely N-dealkylation sites (N-methyl/N-ethyl adjacent to an activating group) is 1. The third kappa shape index (κ3) is 4.01. The Hall–Kier alpha value is -2.50. The highest BCUT2D eigenvalue weighted by atomic mass is 35.5. The minimum Gasteiger partial charge on any atom is -0.367 e. The largest absolute Gasteiger partial charge is 0.367 e.